The number of nitrogens with one attached hydrogen (secondary N) is 1. The van der Waals surface area contributed by atoms with Crippen molar-refractivity contribution in [2.45, 2.75) is 6.43 Å². The zero-order chi connectivity index (χ0) is 10.7. The molecule has 0 aromatic carbocycles. The van der Waals surface area contributed by atoms with E-state index in [0.29, 0.717) is 0 Å². The summed E-state index contributed by atoms with van der Waals surface area (Å²) in [6.07, 6.45) is -2.88. The SMILES string of the molecule is COc1c(C(F)F)[nH]c(C#N)cc1=O. The summed E-state index contributed by atoms with van der Waals surface area (Å²) >= 11 is 0. The van der Waals surface area contributed by atoms with Crippen molar-refractivity contribution in [1.82, 2.24) is 4.98 Å². The molecular formula is C8H6F2N2O2. The average molecular weight is 200 g/mol. The van der Waals surface area contributed by atoms with E-state index in [-0.39, 0.29) is 5.69 Å². The minimum Gasteiger partial charge on any atom is -0.491 e. The van der Waals surface area contributed by atoms with Gasteiger partial charge in [0.15, 0.2) is 5.75 Å². The van der Waals surface area contributed by atoms with Crippen LogP contribution in [0.1, 0.15) is 17.8 Å². The monoisotopic (exact) mass is 200 g/mol. The van der Waals surface area contributed by atoms with E-state index >= 15 is 0 Å². The highest BCUT2D eigenvalue weighted by Gasteiger charge is 2.18. The van der Waals surface area contributed by atoms with E-state index in [9.17, 15) is 13.6 Å². The number of aromatic amines is 1. The summed E-state index contributed by atoms with van der Waals surface area (Å²) in [6.45, 7) is 0. The molecular weight excluding hydrogens is 194 g/mol. The van der Waals surface area contributed by atoms with E-state index in [1.54, 1.807) is 6.07 Å². The van der Waals surface area contributed by atoms with E-state index in [0.717, 1.165) is 13.2 Å². The Morgan fingerprint density at radius 2 is 2.29 bits per heavy atom. The van der Waals surface area contributed by atoms with Gasteiger partial charge in [0, 0.05) is 6.07 Å². The molecule has 0 fully saturated rings. The smallest absolute Gasteiger partial charge is 0.282 e. The molecule has 0 aliphatic heterocycles. The van der Waals surface area contributed by atoms with Gasteiger partial charge in [-0.3, -0.25) is 4.79 Å². The van der Waals surface area contributed by atoms with Crippen LogP contribution in [0.5, 0.6) is 5.75 Å². The molecule has 0 atom stereocenters. The number of rotatable bonds is 2. The third-order valence-electron chi connectivity index (χ3n) is 1.56. The van der Waals surface area contributed by atoms with Crippen LogP contribution in [0.2, 0.25) is 0 Å². The third-order valence-corrected chi connectivity index (χ3v) is 1.56. The summed E-state index contributed by atoms with van der Waals surface area (Å²) in [5.41, 5.74) is -1.62. The molecule has 4 nitrogen and oxygen atoms in total. The van der Waals surface area contributed by atoms with Gasteiger partial charge in [-0.25, -0.2) is 8.78 Å². The molecule has 0 aliphatic rings. The Kier molecular flexibility index (Phi) is 2.82. The summed E-state index contributed by atoms with van der Waals surface area (Å²) < 4.78 is 29.2. The lowest BCUT2D eigenvalue weighted by molar-refractivity contribution is 0.141. The first-order chi connectivity index (χ1) is 6.60. The maximum atomic E-state index is 12.4. The average Bonchev–Trinajstić information content (AvgIpc) is 2.16. The maximum absolute atomic E-state index is 12.4. The Balaban J connectivity index is 3.45. The number of nitrogens with zero attached hydrogens (tertiary/aromatic N) is 1. The number of hydrogen-bond donors (Lipinski definition) is 1. The van der Waals surface area contributed by atoms with Crippen LogP contribution in [0, 0.1) is 11.3 Å². The van der Waals surface area contributed by atoms with Crippen LogP contribution >= 0.6 is 0 Å². The van der Waals surface area contributed by atoms with Crippen LogP contribution in [0.3, 0.4) is 0 Å². The van der Waals surface area contributed by atoms with Gasteiger partial charge < -0.3 is 9.72 Å². The van der Waals surface area contributed by atoms with E-state index in [2.05, 4.69) is 9.72 Å². The number of aromatic nitrogens is 1. The van der Waals surface area contributed by atoms with Crippen molar-refractivity contribution in [1.29, 1.82) is 5.26 Å². The fourth-order valence-electron chi connectivity index (χ4n) is 0.992. The Hall–Kier alpha value is -1.90. The molecule has 0 amide bonds. The number of halogens is 2. The van der Waals surface area contributed by atoms with Gasteiger partial charge in [-0.2, -0.15) is 5.26 Å². The van der Waals surface area contributed by atoms with E-state index in [4.69, 9.17) is 5.26 Å². The first kappa shape index (κ1) is 10.2. The summed E-state index contributed by atoms with van der Waals surface area (Å²) in [7, 11) is 1.11. The normalized spacial score (nSPS) is 9.93. The molecule has 0 unspecified atom stereocenters. The molecule has 0 aliphatic carbocycles. The van der Waals surface area contributed by atoms with Crippen LogP contribution in [-0.4, -0.2) is 12.1 Å². The number of hydrogen-bond acceptors (Lipinski definition) is 3. The molecule has 0 bridgehead atoms. The van der Waals surface area contributed by atoms with Gasteiger partial charge in [-0.15, -0.1) is 0 Å². The lowest BCUT2D eigenvalue weighted by Gasteiger charge is -2.06. The highest BCUT2D eigenvalue weighted by molar-refractivity contribution is 5.34. The van der Waals surface area contributed by atoms with Crippen molar-refractivity contribution in [2.75, 3.05) is 7.11 Å². The van der Waals surface area contributed by atoms with Crippen molar-refractivity contribution >= 4 is 0 Å². The van der Waals surface area contributed by atoms with Crippen molar-refractivity contribution in [3.63, 3.8) is 0 Å². The molecule has 1 rings (SSSR count). The number of methoxy groups -OCH3 is 1. The van der Waals surface area contributed by atoms with E-state index < -0.39 is 23.3 Å². The number of pyridine rings is 1. The van der Waals surface area contributed by atoms with Crippen molar-refractivity contribution in [3.05, 3.63) is 27.7 Å². The zero-order valence-corrected chi connectivity index (χ0v) is 7.17. The van der Waals surface area contributed by atoms with Gasteiger partial charge in [0.05, 0.1) is 7.11 Å². The second-order valence-corrected chi connectivity index (χ2v) is 2.41. The maximum Gasteiger partial charge on any atom is 0.282 e. The minimum absolute atomic E-state index is 0.217. The summed E-state index contributed by atoms with van der Waals surface area (Å²) in [4.78, 5) is 13.2. The quantitative estimate of drug-likeness (QED) is 0.779. The molecule has 74 valence electrons. The van der Waals surface area contributed by atoms with Crippen LogP contribution in [0.15, 0.2) is 10.9 Å². The first-order valence-electron chi connectivity index (χ1n) is 3.59. The summed E-state index contributed by atoms with van der Waals surface area (Å²) in [5, 5.41) is 8.43. The molecule has 1 heterocycles. The Morgan fingerprint density at radius 3 is 2.71 bits per heavy atom. The number of H-pyrrole nitrogens is 1. The van der Waals surface area contributed by atoms with Crippen molar-refractivity contribution < 1.29 is 13.5 Å². The molecule has 1 aromatic heterocycles. The largest absolute Gasteiger partial charge is 0.491 e. The second-order valence-electron chi connectivity index (χ2n) is 2.41. The van der Waals surface area contributed by atoms with E-state index in [1.165, 1.54) is 0 Å². The predicted octanol–water partition coefficient (Wildman–Crippen LogP) is 1.19. The molecule has 0 radical (unpaired) electrons. The van der Waals surface area contributed by atoms with Crippen LogP contribution in [0.25, 0.3) is 0 Å². The molecule has 0 spiro atoms. The second kappa shape index (κ2) is 3.87. The zero-order valence-electron chi connectivity index (χ0n) is 7.17. The van der Waals surface area contributed by atoms with Crippen LogP contribution < -0.4 is 10.2 Å². The first-order valence-corrected chi connectivity index (χ1v) is 3.59. The van der Waals surface area contributed by atoms with Gasteiger partial charge in [0.25, 0.3) is 6.43 Å². The summed E-state index contributed by atoms with van der Waals surface area (Å²) in [6, 6.07) is 2.48. The highest BCUT2D eigenvalue weighted by atomic mass is 19.3. The molecule has 1 N–H and O–H groups in total. The topological polar surface area (TPSA) is 65.9 Å². The van der Waals surface area contributed by atoms with Crippen LogP contribution in [0.4, 0.5) is 8.78 Å². The highest BCUT2D eigenvalue weighted by Crippen LogP contribution is 2.23. The van der Waals surface area contributed by atoms with Gasteiger partial charge in [0.1, 0.15) is 17.5 Å². The number of alkyl halides is 2. The summed E-state index contributed by atoms with van der Waals surface area (Å²) in [5.74, 6) is -0.459. The fourth-order valence-corrected chi connectivity index (χ4v) is 0.992. The molecule has 6 heteroatoms. The lowest BCUT2D eigenvalue weighted by Crippen LogP contribution is -2.11. The van der Waals surface area contributed by atoms with Gasteiger partial charge in [-0.05, 0) is 0 Å². The molecule has 0 saturated carbocycles. The van der Waals surface area contributed by atoms with Gasteiger partial charge in [-0.1, -0.05) is 0 Å². The van der Waals surface area contributed by atoms with E-state index in [1.807, 2.05) is 0 Å². The predicted molar refractivity (Wildman–Crippen MR) is 43.3 cm³/mol. The lowest BCUT2D eigenvalue weighted by atomic mass is 10.3. The Morgan fingerprint density at radius 1 is 1.64 bits per heavy atom. The standard InChI is InChI=1S/C8H6F2N2O2/c1-14-7-5(13)2-4(3-11)12-6(7)8(9)10/h2,8H,1H3,(H,12,13). The number of nitriles is 1. The number of ether oxygens (including phenoxy) is 1. The third kappa shape index (κ3) is 1.71. The van der Waals surface area contributed by atoms with Gasteiger partial charge >= 0.3 is 0 Å². The van der Waals surface area contributed by atoms with Crippen molar-refractivity contribution in [3.8, 4) is 11.8 Å². The molecule has 0 saturated heterocycles. The van der Waals surface area contributed by atoms with Crippen LogP contribution in [-0.2, 0) is 0 Å². The van der Waals surface area contributed by atoms with Gasteiger partial charge in [0.2, 0.25) is 5.43 Å². The Labute approximate surface area is 77.7 Å². The molecule has 1 aromatic rings. The fraction of sp³-hybridized carbons (Fsp3) is 0.250. The minimum atomic E-state index is -2.88. The Bertz CT molecular complexity index is 434. The molecule has 14 heavy (non-hydrogen) atoms. The van der Waals surface area contributed by atoms with Crippen molar-refractivity contribution in [2.24, 2.45) is 0 Å².